The molecule has 0 atom stereocenters. The molecule has 1 aromatic carbocycles. The molecule has 0 fully saturated rings. The smallest absolute Gasteiger partial charge is 0.309 e. The summed E-state index contributed by atoms with van der Waals surface area (Å²) in [5.41, 5.74) is 0.972. The molecule has 1 aromatic rings. The molecule has 0 bridgehead atoms. The van der Waals surface area contributed by atoms with E-state index in [9.17, 15) is 14.2 Å². The lowest BCUT2D eigenvalue weighted by Gasteiger charge is -2.23. The van der Waals surface area contributed by atoms with Crippen molar-refractivity contribution in [1.82, 2.24) is 0 Å². The number of nitrogens with zero attached hydrogens (tertiary/aromatic N) is 1. The van der Waals surface area contributed by atoms with Crippen LogP contribution in [0.15, 0.2) is 24.3 Å². The van der Waals surface area contributed by atoms with E-state index in [2.05, 4.69) is 0 Å². The number of amides is 2. The third-order valence-electron chi connectivity index (χ3n) is 2.88. The largest absolute Gasteiger partial charge is 0.335 e. The molecule has 2 amide bonds. The molecular weight excluding hydrogens is 305 g/mol. The van der Waals surface area contributed by atoms with E-state index in [1.54, 1.807) is 38.1 Å². The number of hydrogen-bond donors (Lipinski definition) is 0. The second kappa shape index (κ2) is 8.22. The zero-order chi connectivity index (χ0) is 16.8. The van der Waals surface area contributed by atoms with E-state index >= 15 is 0 Å². The second-order valence-corrected chi connectivity index (χ2v) is 6.66. The van der Waals surface area contributed by atoms with E-state index in [-0.39, 0.29) is 19.4 Å². The maximum Gasteiger partial charge on any atom is 0.335 e. The summed E-state index contributed by atoms with van der Waals surface area (Å²) in [4.78, 5) is 24.5. The fraction of sp³-hybridized carbons (Fsp3) is 0.467. The number of imide groups is 1. The van der Waals surface area contributed by atoms with Crippen LogP contribution in [-0.4, -0.2) is 25.0 Å². The van der Waals surface area contributed by atoms with Gasteiger partial charge >= 0.3 is 7.60 Å². The van der Waals surface area contributed by atoms with Crippen LogP contribution in [0.1, 0.15) is 33.3 Å². The van der Waals surface area contributed by atoms with Gasteiger partial charge in [-0.05, 0) is 25.5 Å². The van der Waals surface area contributed by atoms with Crippen LogP contribution in [0.25, 0.3) is 0 Å². The van der Waals surface area contributed by atoms with Crippen LogP contribution in [0.3, 0.4) is 0 Å². The Kier molecular flexibility index (Phi) is 6.94. The minimum absolute atomic E-state index is 0.00190. The summed E-state index contributed by atoms with van der Waals surface area (Å²) >= 11 is 0. The first-order valence-electron chi connectivity index (χ1n) is 7.12. The number of carbonyl (C=O) groups is 2. The third kappa shape index (κ3) is 4.77. The Labute approximate surface area is 130 Å². The van der Waals surface area contributed by atoms with Gasteiger partial charge in [-0.2, -0.15) is 0 Å². The molecule has 22 heavy (non-hydrogen) atoms. The van der Waals surface area contributed by atoms with Crippen LogP contribution in [0, 0.1) is 0 Å². The average molecular weight is 327 g/mol. The van der Waals surface area contributed by atoms with Crippen molar-refractivity contribution < 1.29 is 23.2 Å². The molecule has 7 heteroatoms. The molecule has 0 saturated heterocycles. The van der Waals surface area contributed by atoms with E-state index in [0.717, 1.165) is 4.90 Å². The van der Waals surface area contributed by atoms with Gasteiger partial charge in [0.25, 0.3) is 0 Å². The first-order valence-corrected chi connectivity index (χ1v) is 8.84. The van der Waals surface area contributed by atoms with Crippen LogP contribution in [0.5, 0.6) is 0 Å². The lowest BCUT2D eigenvalue weighted by molar-refractivity contribution is -0.124. The molecule has 0 aliphatic heterocycles. The summed E-state index contributed by atoms with van der Waals surface area (Å²) in [5.74, 6) is -0.801. The number of hydrogen-bond acceptors (Lipinski definition) is 5. The topological polar surface area (TPSA) is 72.9 Å². The lowest BCUT2D eigenvalue weighted by atomic mass is 10.2. The molecule has 0 aromatic heterocycles. The van der Waals surface area contributed by atoms with Crippen molar-refractivity contribution in [3.8, 4) is 0 Å². The van der Waals surface area contributed by atoms with Crippen molar-refractivity contribution in [3.05, 3.63) is 29.8 Å². The molecular formula is C15H22NO5P. The van der Waals surface area contributed by atoms with Crippen LogP contribution in [0.4, 0.5) is 5.69 Å². The highest BCUT2D eigenvalue weighted by Crippen LogP contribution is 2.52. The number of carbonyl (C=O) groups excluding carboxylic acids is 2. The summed E-state index contributed by atoms with van der Waals surface area (Å²) in [6.45, 7) is 6.58. The summed E-state index contributed by atoms with van der Waals surface area (Å²) in [5, 5.41) is 0. The number of rotatable bonds is 7. The highest BCUT2D eigenvalue weighted by molar-refractivity contribution is 7.53. The average Bonchev–Trinajstić information content (AvgIpc) is 2.40. The molecule has 0 heterocycles. The summed E-state index contributed by atoms with van der Waals surface area (Å²) < 4.78 is 23.2. The number of para-hydroxylation sites is 1. The molecule has 0 saturated carbocycles. The van der Waals surface area contributed by atoms with Gasteiger partial charge in [0.15, 0.2) is 0 Å². The highest BCUT2D eigenvalue weighted by Gasteiger charge is 2.28. The van der Waals surface area contributed by atoms with Crippen LogP contribution >= 0.6 is 7.60 Å². The van der Waals surface area contributed by atoms with Crippen molar-refractivity contribution in [2.75, 3.05) is 18.1 Å². The molecule has 0 N–H and O–H groups in total. The monoisotopic (exact) mass is 327 g/mol. The van der Waals surface area contributed by atoms with Gasteiger partial charge in [-0.1, -0.05) is 18.2 Å². The minimum atomic E-state index is -3.32. The fourth-order valence-electron chi connectivity index (χ4n) is 2.15. The summed E-state index contributed by atoms with van der Waals surface area (Å²) in [6.07, 6.45) is 0.00190. The zero-order valence-electron chi connectivity index (χ0n) is 13.4. The Morgan fingerprint density at radius 2 is 1.55 bits per heavy atom. The Bertz CT molecular complexity index is 563. The molecule has 0 unspecified atom stereocenters. The standard InChI is InChI=1S/C15H22NO5P/c1-5-20-22(19,21-6-2)11-14-9-7-8-10-15(14)16(12(3)17)13(4)18/h7-10H,5-6,11H2,1-4H3. The van der Waals surface area contributed by atoms with E-state index in [0.29, 0.717) is 11.3 Å². The van der Waals surface area contributed by atoms with Gasteiger partial charge in [0, 0.05) is 13.8 Å². The van der Waals surface area contributed by atoms with Gasteiger partial charge in [0.2, 0.25) is 11.8 Å². The van der Waals surface area contributed by atoms with E-state index < -0.39 is 19.4 Å². The van der Waals surface area contributed by atoms with Gasteiger partial charge in [0.1, 0.15) is 0 Å². The number of anilines is 1. The summed E-state index contributed by atoms with van der Waals surface area (Å²) in [7, 11) is -3.32. The van der Waals surface area contributed by atoms with Crippen molar-refractivity contribution in [2.24, 2.45) is 0 Å². The highest BCUT2D eigenvalue weighted by atomic mass is 31.2. The Hall–Kier alpha value is -1.49. The van der Waals surface area contributed by atoms with Crippen molar-refractivity contribution in [3.63, 3.8) is 0 Å². The molecule has 122 valence electrons. The van der Waals surface area contributed by atoms with Gasteiger partial charge in [-0.15, -0.1) is 0 Å². The first-order chi connectivity index (χ1) is 10.3. The van der Waals surface area contributed by atoms with E-state index in [1.807, 2.05) is 0 Å². The van der Waals surface area contributed by atoms with Crippen LogP contribution in [0.2, 0.25) is 0 Å². The zero-order valence-corrected chi connectivity index (χ0v) is 14.3. The van der Waals surface area contributed by atoms with Crippen molar-refractivity contribution >= 4 is 25.1 Å². The quantitative estimate of drug-likeness (QED) is 0.718. The molecule has 1 rings (SSSR count). The van der Waals surface area contributed by atoms with Crippen LogP contribution in [-0.2, 0) is 29.4 Å². The van der Waals surface area contributed by atoms with Gasteiger partial charge in [0.05, 0.1) is 25.1 Å². The third-order valence-corrected chi connectivity index (χ3v) is 4.91. The van der Waals surface area contributed by atoms with Gasteiger partial charge in [-0.25, -0.2) is 0 Å². The van der Waals surface area contributed by atoms with Crippen molar-refractivity contribution in [1.29, 1.82) is 0 Å². The summed E-state index contributed by atoms with van der Waals surface area (Å²) in [6, 6.07) is 6.81. The normalized spacial score (nSPS) is 11.3. The van der Waals surface area contributed by atoms with Gasteiger partial charge in [-0.3, -0.25) is 19.1 Å². The van der Waals surface area contributed by atoms with E-state index in [1.165, 1.54) is 13.8 Å². The maximum atomic E-state index is 12.7. The molecule has 0 aliphatic carbocycles. The first kappa shape index (κ1) is 18.6. The Balaban J connectivity index is 3.23. The second-order valence-electron chi connectivity index (χ2n) is 4.61. The van der Waals surface area contributed by atoms with Crippen LogP contribution < -0.4 is 4.90 Å². The van der Waals surface area contributed by atoms with Crippen molar-refractivity contribution in [2.45, 2.75) is 33.9 Å². The predicted octanol–water partition coefficient (Wildman–Crippen LogP) is 3.35. The Morgan fingerprint density at radius 3 is 2.00 bits per heavy atom. The number of benzene rings is 1. The maximum absolute atomic E-state index is 12.7. The predicted molar refractivity (Wildman–Crippen MR) is 84.8 cm³/mol. The molecule has 0 radical (unpaired) electrons. The minimum Gasteiger partial charge on any atom is -0.309 e. The molecule has 0 aliphatic rings. The van der Waals surface area contributed by atoms with E-state index in [4.69, 9.17) is 9.05 Å². The molecule has 6 nitrogen and oxygen atoms in total. The lowest BCUT2D eigenvalue weighted by Crippen LogP contribution is -2.33. The van der Waals surface area contributed by atoms with Gasteiger partial charge < -0.3 is 9.05 Å². The SMILES string of the molecule is CCOP(=O)(Cc1ccccc1N(C(C)=O)C(C)=O)OCC. The Morgan fingerprint density at radius 1 is 1.05 bits per heavy atom. The fourth-order valence-corrected chi connectivity index (χ4v) is 3.88. The molecule has 0 spiro atoms.